The van der Waals surface area contributed by atoms with E-state index >= 15 is 0 Å². The lowest BCUT2D eigenvalue weighted by molar-refractivity contribution is -0.153. The number of likely N-dealkylation sites (tertiary alicyclic amines) is 1. The number of nitrogens with zero attached hydrogens (tertiary/aromatic N) is 2. The molecule has 0 aliphatic carbocycles. The molecule has 192 valence electrons. The lowest BCUT2D eigenvalue weighted by atomic mass is 9.75. The predicted molar refractivity (Wildman–Crippen MR) is 138 cm³/mol. The maximum Gasteiger partial charge on any atom is 0.311 e. The summed E-state index contributed by atoms with van der Waals surface area (Å²) < 4.78 is 3.88. The first-order valence-electron chi connectivity index (χ1n) is 12.8. The van der Waals surface area contributed by atoms with Crippen LogP contribution in [0.3, 0.4) is 0 Å². The first-order chi connectivity index (χ1) is 17.3. The molecule has 7 atom stereocenters. The third kappa shape index (κ3) is 3.72. The van der Waals surface area contributed by atoms with Crippen molar-refractivity contribution in [2.45, 2.75) is 55.3 Å². The zero-order valence-corrected chi connectivity index (χ0v) is 21.8. The standard InChI is InChI=1S/C28H34N2O5S/c1-4-18(2)20(17-31)30-23-25(33)29(16-19-10-6-5-7-11-19)14-8-13-28(23)21(24(30)32)22-26(34)35-15-9-12-27(22,3)36-28/h5-13,18,20-23,31H,4,14-17H2,1-3H3/t18-,20-,21-,22+,23?,27-,28-/m0/s1. The zero-order valence-electron chi connectivity index (χ0n) is 21.0. The predicted octanol–water partition coefficient (Wildman–Crippen LogP) is 2.79. The summed E-state index contributed by atoms with van der Waals surface area (Å²) in [5.74, 6) is -2.27. The van der Waals surface area contributed by atoms with Gasteiger partial charge in [-0.15, -0.1) is 11.8 Å². The highest BCUT2D eigenvalue weighted by molar-refractivity contribution is 8.02. The molecule has 0 saturated carbocycles. The molecule has 1 spiro atoms. The molecule has 0 aromatic heterocycles. The molecule has 1 unspecified atom stereocenters. The number of thioether (sulfide) groups is 1. The lowest BCUT2D eigenvalue weighted by Crippen LogP contribution is -2.58. The second-order valence-corrected chi connectivity index (χ2v) is 12.3. The van der Waals surface area contributed by atoms with Crippen LogP contribution in [0.15, 0.2) is 54.6 Å². The van der Waals surface area contributed by atoms with Gasteiger partial charge < -0.3 is 19.6 Å². The first-order valence-corrected chi connectivity index (χ1v) is 13.6. The third-order valence-corrected chi connectivity index (χ3v) is 10.2. The van der Waals surface area contributed by atoms with Gasteiger partial charge in [0, 0.05) is 17.8 Å². The van der Waals surface area contributed by atoms with Crippen LogP contribution in [0, 0.1) is 17.8 Å². The average molecular weight is 511 g/mol. The maximum atomic E-state index is 14.4. The molecule has 4 aliphatic rings. The van der Waals surface area contributed by atoms with E-state index in [4.69, 9.17) is 4.74 Å². The number of rotatable bonds is 6. The van der Waals surface area contributed by atoms with Gasteiger partial charge in [0.2, 0.25) is 11.8 Å². The van der Waals surface area contributed by atoms with Gasteiger partial charge in [-0.1, -0.05) is 68.8 Å². The number of aliphatic hydroxyl groups excluding tert-OH is 1. The molecule has 5 rings (SSSR count). The molecule has 36 heavy (non-hydrogen) atoms. The molecule has 1 N–H and O–H groups in total. The van der Waals surface area contributed by atoms with E-state index in [1.165, 1.54) is 11.8 Å². The summed E-state index contributed by atoms with van der Waals surface area (Å²) in [5.41, 5.74) is 1.01. The van der Waals surface area contributed by atoms with Crippen LogP contribution in [0.4, 0.5) is 0 Å². The van der Waals surface area contributed by atoms with E-state index in [0.717, 1.165) is 12.0 Å². The lowest BCUT2D eigenvalue weighted by Gasteiger charge is -2.41. The number of fused-ring (bicyclic) bond motifs is 2. The highest BCUT2D eigenvalue weighted by atomic mass is 32.2. The van der Waals surface area contributed by atoms with Crippen LogP contribution in [0.5, 0.6) is 0 Å². The Labute approximate surface area is 216 Å². The molecular weight excluding hydrogens is 476 g/mol. The Bertz CT molecular complexity index is 1110. The van der Waals surface area contributed by atoms with Crippen LogP contribution in [0.2, 0.25) is 0 Å². The number of carbonyl (C=O) groups is 3. The SMILES string of the molecule is CC[C@H](C)[C@H](CO)N1C(=O)[C@@H]2[C@@H]3C(=O)OCC=C[C@]3(C)S[C@@]23C=CCN(Cc2ccccc2)C(=O)C13. The molecule has 4 aliphatic heterocycles. The number of carbonyl (C=O) groups excluding carboxylic acids is 3. The third-order valence-electron chi connectivity index (χ3n) is 8.40. The second kappa shape index (κ2) is 9.38. The molecule has 0 radical (unpaired) electrons. The van der Waals surface area contributed by atoms with Gasteiger partial charge in [0.05, 0.1) is 29.2 Å². The van der Waals surface area contributed by atoms with Gasteiger partial charge >= 0.3 is 5.97 Å². The molecule has 7 nitrogen and oxygen atoms in total. The topological polar surface area (TPSA) is 87.2 Å². The Morgan fingerprint density at radius 3 is 2.56 bits per heavy atom. The summed E-state index contributed by atoms with van der Waals surface area (Å²) in [6.07, 6.45) is 8.52. The number of esters is 1. The Hall–Kier alpha value is -2.58. The van der Waals surface area contributed by atoms with E-state index in [1.807, 2.05) is 75.4 Å². The summed E-state index contributed by atoms with van der Waals surface area (Å²) in [4.78, 5) is 45.4. The van der Waals surface area contributed by atoms with Crippen LogP contribution in [0.25, 0.3) is 0 Å². The molecule has 2 fully saturated rings. The van der Waals surface area contributed by atoms with Crippen LogP contribution < -0.4 is 0 Å². The summed E-state index contributed by atoms with van der Waals surface area (Å²) in [7, 11) is 0. The van der Waals surface area contributed by atoms with Gasteiger partial charge in [-0.25, -0.2) is 0 Å². The van der Waals surface area contributed by atoms with Gasteiger partial charge in [-0.2, -0.15) is 0 Å². The molecule has 0 bridgehead atoms. The first kappa shape index (κ1) is 25.1. The van der Waals surface area contributed by atoms with Crippen molar-refractivity contribution < 1.29 is 24.2 Å². The summed E-state index contributed by atoms with van der Waals surface area (Å²) in [6.45, 7) is 6.74. The van der Waals surface area contributed by atoms with Crippen molar-refractivity contribution in [1.82, 2.24) is 9.80 Å². The number of amides is 2. The van der Waals surface area contributed by atoms with E-state index < -0.39 is 39.4 Å². The van der Waals surface area contributed by atoms with E-state index in [0.29, 0.717) is 13.1 Å². The highest BCUT2D eigenvalue weighted by Crippen LogP contribution is 2.65. The fraction of sp³-hybridized carbons (Fsp3) is 0.536. The molecule has 8 heteroatoms. The summed E-state index contributed by atoms with van der Waals surface area (Å²) in [5, 5.41) is 10.4. The quantitative estimate of drug-likeness (QED) is 0.468. The fourth-order valence-electron chi connectivity index (χ4n) is 6.46. The van der Waals surface area contributed by atoms with Crippen LogP contribution >= 0.6 is 11.8 Å². The maximum absolute atomic E-state index is 14.4. The Kier molecular flexibility index (Phi) is 6.53. The van der Waals surface area contributed by atoms with Gasteiger partial charge in [-0.3, -0.25) is 14.4 Å². The molecule has 4 heterocycles. The van der Waals surface area contributed by atoms with Gasteiger partial charge in [0.25, 0.3) is 0 Å². The van der Waals surface area contributed by atoms with E-state index in [2.05, 4.69) is 0 Å². The Morgan fingerprint density at radius 1 is 1.11 bits per heavy atom. The monoisotopic (exact) mass is 510 g/mol. The van der Waals surface area contributed by atoms with Crippen molar-refractivity contribution in [3.05, 3.63) is 60.2 Å². The van der Waals surface area contributed by atoms with Crippen molar-refractivity contribution >= 4 is 29.5 Å². The minimum atomic E-state index is -0.930. The fourth-order valence-corrected chi connectivity index (χ4v) is 8.60. The summed E-state index contributed by atoms with van der Waals surface area (Å²) in [6, 6.07) is 8.46. The Balaban J connectivity index is 1.64. The van der Waals surface area contributed by atoms with Gasteiger partial charge in [-0.05, 0) is 24.5 Å². The molecular formula is C28H34N2O5S. The van der Waals surface area contributed by atoms with Crippen molar-refractivity contribution in [2.75, 3.05) is 19.8 Å². The van der Waals surface area contributed by atoms with E-state index in [9.17, 15) is 19.5 Å². The number of hydrogen-bond donors (Lipinski definition) is 1. The van der Waals surface area contributed by atoms with Crippen LogP contribution in [-0.2, 0) is 25.7 Å². The van der Waals surface area contributed by atoms with Crippen LogP contribution in [-0.4, -0.2) is 74.0 Å². The minimum absolute atomic E-state index is 0.0187. The number of hydrogen-bond acceptors (Lipinski definition) is 6. The number of benzene rings is 1. The van der Waals surface area contributed by atoms with E-state index in [1.54, 1.807) is 9.80 Å². The van der Waals surface area contributed by atoms with Crippen molar-refractivity contribution in [2.24, 2.45) is 17.8 Å². The van der Waals surface area contributed by atoms with Crippen molar-refractivity contribution in [1.29, 1.82) is 0 Å². The molecule has 2 amide bonds. The van der Waals surface area contributed by atoms with Crippen molar-refractivity contribution in [3.8, 4) is 0 Å². The molecule has 2 saturated heterocycles. The summed E-state index contributed by atoms with van der Waals surface area (Å²) >= 11 is 1.53. The number of cyclic esters (lactones) is 1. The molecule has 1 aromatic carbocycles. The van der Waals surface area contributed by atoms with Gasteiger partial charge in [0.15, 0.2) is 0 Å². The second-order valence-electron chi connectivity index (χ2n) is 10.5. The van der Waals surface area contributed by atoms with E-state index in [-0.39, 0.29) is 30.9 Å². The minimum Gasteiger partial charge on any atom is -0.461 e. The average Bonchev–Trinajstić information content (AvgIpc) is 3.13. The van der Waals surface area contributed by atoms with Gasteiger partial charge in [0.1, 0.15) is 12.6 Å². The number of ether oxygens (including phenoxy) is 1. The number of aliphatic hydroxyl groups is 1. The molecule has 1 aromatic rings. The Morgan fingerprint density at radius 2 is 1.86 bits per heavy atom. The normalized spacial score (nSPS) is 35.0. The largest absolute Gasteiger partial charge is 0.461 e. The van der Waals surface area contributed by atoms with Crippen molar-refractivity contribution in [3.63, 3.8) is 0 Å². The highest BCUT2D eigenvalue weighted by Gasteiger charge is 2.74. The zero-order chi connectivity index (χ0) is 25.7. The smallest absolute Gasteiger partial charge is 0.311 e. The van der Waals surface area contributed by atoms with Crippen LogP contribution in [0.1, 0.15) is 32.8 Å².